The van der Waals surface area contributed by atoms with Crippen LogP contribution in [-0.2, 0) is 9.59 Å². The van der Waals surface area contributed by atoms with Crippen LogP contribution in [0.3, 0.4) is 0 Å². The number of aliphatic hydroxyl groups excluding tert-OH is 1. The Hall–Kier alpha value is -1.34. The number of amides is 1. The van der Waals surface area contributed by atoms with E-state index in [0.29, 0.717) is 32.6 Å². The Morgan fingerprint density at radius 2 is 1.71 bits per heavy atom. The molecule has 28 heavy (non-hydrogen) atoms. The van der Waals surface area contributed by atoms with E-state index >= 15 is 0 Å². The zero-order valence-electron chi connectivity index (χ0n) is 14.2. The minimum atomic E-state index is -1.72. The Morgan fingerprint density at radius 1 is 1.11 bits per heavy atom. The Bertz CT molecular complexity index is 928. The van der Waals surface area contributed by atoms with Crippen LogP contribution in [0.15, 0.2) is 47.5 Å². The van der Waals surface area contributed by atoms with Crippen LogP contribution in [0, 0.1) is 0 Å². The summed E-state index contributed by atoms with van der Waals surface area (Å²) in [6.07, 6.45) is -1.25. The molecular weight excluding hydrogens is 469 g/mol. The molecule has 2 aromatic rings. The number of benzodiazepines with no additional fused rings is 1. The molecule has 1 atom stereocenters. The predicted molar refractivity (Wildman–Crippen MR) is 114 cm³/mol. The number of likely N-dealkylation sites (N-methyl/N-ethyl adjacent to an activating group) is 1. The lowest BCUT2D eigenvalue weighted by Crippen LogP contribution is -2.34. The fourth-order valence-corrected chi connectivity index (χ4v) is 2.79. The summed E-state index contributed by atoms with van der Waals surface area (Å²) in [7, 11) is 1.59. The fraction of sp³-hybridized carbons (Fsp3) is 0.167. The number of anilines is 1. The molecule has 1 unspecified atom stereocenters. The quantitative estimate of drug-likeness (QED) is 0.474. The number of aliphatic hydroxyl groups is 1. The number of benzene rings is 2. The molecule has 1 aliphatic rings. The van der Waals surface area contributed by atoms with Gasteiger partial charge in [-0.1, -0.05) is 76.2 Å². The van der Waals surface area contributed by atoms with Gasteiger partial charge < -0.3 is 10.0 Å². The summed E-state index contributed by atoms with van der Waals surface area (Å²) < 4.78 is -1.72. The van der Waals surface area contributed by atoms with Gasteiger partial charge in [-0.25, -0.2) is 4.99 Å². The van der Waals surface area contributed by atoms with Crippen molar-refractivity contribution in [1.82, 2.24) is 0 Å². The fourth-order valence-electron chi connectivity index (χ4n) is 2.40. The summed E-state index contributed by atoms with van der Waals surface area (Å²) in [6.45, 7) is 0. The topological polar surface area (TPSA) is 70.0 Å². The second-order valence-corrected chi connectivity index (χ2v) is 8.76. The molecule has 0 saturated heterocycles. The molecule has 0 aliphatic carbocycles. The van der Waals surface area contributed by atoms with Crippen LogP contribution in [0.4, 0.5) is 5.69 Å². The number of fused-ring (bicyclic) bond motifs is 1. The highest BCUT2D eigenvalue weighted by atomic mass is 35.6. The van der Waals surface area contributed by atoms with E-state index in [1.54, 1.807) is 43.4 Å². The highest BCUT2D eigenvalue weighted by Gasteiger charge is 2.29. The first-order valence-corrected chi connectivity index (χ1v) is 9.55. The van der Waals surface area contributed by atoms with E-state index in [0.717, 1.165) is 0 Å². The molecule has 0 spiro atoms. The molecule has 3 rings (SSSR count). The molecule has 0 fully saturated rings. The largest absolute Gasteiger partial charge is 0.364 e. The monoisotopic (exact) mass is 480 g/mol. The Balaban J connectivity index is 0.000000409. The SMILES string of the molecule is CN1C(=O)C(O)N=C(c2ccccc2Cl)c2cc(Cl)ccc21.O=CC(Cl)(Cl)Cl. The third kappa shape index (κ3) is 5.60. The van der Waals surface area contributed by atoms with E-state index in [4.69, 9.17) is 58.0 Å². The smallest absolute Gasteiger partial charge is 0.278 e. The summed E-state index contributed by atoms with van der Waals surface area (Å²) >= 11 is 27.0. The number of hydrogen-bond donors (Lipinski definition) is 1. The van der Waals surface area contributed by atoms with Crippen molar-refractivity contribution in [1.29, 1.82) is 0 Å². The highest BCUT2D eigenvalue weighted by molar-refractivity contribution is 6.74. The summed E-state index contributed by atoms with van der Waals surface area (Å²) in [4.78, 5) is 27.1. The number of nitrogens with zero attached hydrogens (tertiary/aromatic N) is 2. The van der Waals surface area contributed by atoms with Gasteiger partial charge in [0.2, 0.25) is 10.0 Å². The molecule has 0 bridgehead atoms. The van der Waals surface area contributed by atoms with Gasteiger partial charge in [-0.15, -0.1) is 0 Å². The summed E-state index contributed by atoms with van der Waals surface area (Å²) in [5.41, 5.74) is 2.33. The van der Waals surface area contributed by atoms with E-state index in [1.165, 1.54) is 4.90 Å². The van der Waals surface area contributed by atoms with Crippen LogP contribution in [0.5, 0.6) is 0 Å². The number of carbonyl (C=O) groups excluding carboxylic acids is 2. The molecule has 0 saturated carbocycles. The summed E-state index contributed by atoms with van der Waals surface area (Å²) in [6, 6.07) is 12.3. The van der Waals surface area contributed by atoms with Crippen LogP contribution in [0.25, 0.3) is 0 Å². The zero-order chi connectivity index (χ0) is 21.1. The molecule has 10 heteroatoms. The first-order chi connectivity index (χ1) is 13.0. The number of rotatable bonds is 1. The maximum atomic E-state index is 12.2. The van der Waals surface area contributed by atoms with E-state index in [9.17, 15) is 14.7 Å². The van der Waals surface area contributed by atoms with Gasteiger partial charge in [0.1, 0.15) is 0 Å². The van der Waals surface area contributed by atoms with Crippen LogP contribution in [-0.4, -0.2) is 40.1 Å². The Labute approximate surface area is 186 Å². The molecule has 0 aromatic heterocycles. The standard InChI is InChI=1S/C16H12Cl2N2O2.C2HCl3O/c1-20-13-7-6-9(17)8-11(13)14(19-15(21)16(20)22)10-4-2-3-5-12(10)18;3-2(4,5)1-6/h2-8,15,21H,1H3;1H. The average Bonchev–Trinajstić information content (AvgIpc) is 2.73. The van der Waals surface area contributed by atoms with E-state index in [2.05, 4.69) is 4.99 Å². The maximum absolute atomic E-state index is 12.2. The lowest BCUT2D eigenvalue weighted by atomic mass is 10.0. The van der Waals surface area contributed by atoms with E-state index < -0.39 is 15.9 Å². The molecule has 1 aliphatic heterocycles. The number of carbonyl (C=O) groups is 2. The van der Waals surface area contributed by atoms with Crippen molar-refractivity contribution in [3.8, 4) is 0 Å². The van der Waals surface area contributed by atoms with E-state index in [1.807, 2.05) is 6.07 Å². The molecule has 2 aromatic carbocycles. The number of aldehydes is 1. The second-order valence-electron chi connectivity index (χ2n) is 5.55. The predicted octanol–water partition coefficient (Wildman–Crippen LogP) is 4.68. The molecule has 148 valence electrons. The minimum absolute atomic E-state index is 0.234. The van der Waals surface area contributed by atoms with Crippen molar-refractivity contribution in [2.75, 3.05) is 11.9 Å². The third-order valence-electron chi connectivity index (χ3n) is 3.64. The van der Waals surface area contributed by atoms with Crippen molar-refractivity contribution in [2.45, 2.75) is 10.0 Å². The zero-order valence-corrected chi connectivity index (χ0v) is 18.0. The van der Waals surface area contributed by atoms with Gasteiger partial charge in [0.25, 0.3) is 5.91 Å². The second kappa shape index (κ2) is 9.44. The van der Waals surface area contributed by atoms with Crippen molar-refractivity contribution >= 4 is 81.6 Å². The third-order valence-corrected chi connectivity index (χ3v) is 4.47. The van der Waals surface area contributed by atoms with Gasteiger partial charge in [-0.2, -0.15) is 0 Å². The average molecular weight is 483 g/mol. The molecule has 5 nitrogen and oxygen atoms in total. The van der Waals surface area contributed by atoms with Gasteiger partial charge >= 0.3 is 0 Å². The van der Waals surface area contributed by atoms with Gasteiger partial charge in [0, 0.05) is 28.2 Å². The van der Waals surface area contributed by atoms with Crippen LogP contribution >= 0.6 is 58.0 Å². The van der Waals surface area contributed by atoms with Crippen molar-refractivity contribution in [3.05, 3.63) is 63.6 Å². The first kappa shape index (κ1) is 22.9. The molecule has 1 amide bonds. The number of halogens is 5. The van der Waals surface area contributed by atoms with Crippen molar-refractivity contribution < 1.29 is 14.7 Å². The lowest BCUT2D eigenvalue weighted by molar-refractivity contribution is -0.125. The van der Waals surface area contributed by atoms with Gasteiger partial charge in [0.05, 0.1) is 11.4 Å². The Kier molecular flexibility index (Phi) is 7.73. The molecule has 1 N–H and O–H groups in total. The number of alkyl halides is 3. The number of hydrogen-bond acceptors (Lipinski definition) is 4. The van der Waals surface area contributed by atoms with E-state index in [-0.39, 0.29) is 6.29 Å². The van der Waals surface area contributed by atoms with Gasteiger partial charge in [0.15, 0.2) is 6.29 Å². The van der Waals surface area contributed by atoms with Crippen LogP contribution in [0.1, 0.15) is 11.1 Å². The van der Waals surface area contributed by atoms with Crippen LogP contribution in [0.2, 0.25) is 10.0 Å². The van der Waals surface area contributed by atoms with Crippen molar-refractivity contribution in [3.63, 3.8) is 0 Å². The molecule has 1 heterocycles. The number of aliphatic imine (C=N–C) groups is 1. The highest BCUT2D eigenvalue weighted by Crippen LogP contribution is 2.31. The Morgan fingerprint density at radius 3 is 2.29 bits per heavy atom. The van der Waals surface area contributed by atoms with Gasteiger partial charge in [-0.3, -0.25) is 9.59 Å². The minimum Gasteiger partial charge on any atom is -0.364 e. The maximum Gasteiger partial charge on any atom is 0.278 e. The lowest BCUT2D eigenvalue weighted by Gasteiger charge is -2.18. The van der Waals surface area contributed by atoms with Crippen LogP contribution < -0.4 is 4.90 Å². The first-order valence-electron chi connectivity index (χ1n) is 7.66. The summed E-state index contributed by atoms with van der Waals surface area (Å²) in [5, 5.41) is 11.0. The summed E-state index contributed by atoms with van der Waals surface area (Å²) in [5.74, 6) is -0.509. The molecular formula is C18H13Cl5N2O3. The molecule has 0 radical (unpaired) electrons. The van der Waals surface area contributed by atoms with Gasteiger partial charge in [-0.05, 0) is 24.3 Å². The van der Waals surface area contributed by atoms with Crippen molar-refractivity contribution in [2.24, 2.45) is 4.99 Å². The normalized spacial score (nSPS) is 16.4.